The molecular weight excluding hydrogens is 256 g/mol. The van der Waals surface area contributed by atoms with Crippen LogP contribution >= 0.6 is 0 Å². The van der Waals surface area contributed by atoms with Crippen LogP contribution in [-0.2, 0) is 0 Å². The highest BCUT2D eigenvalue weighted by Gasteiger charge is 2.18. The third kappa shape index (κ3) is 3.46. The van der Waals surface area contributed by atoms with Crippen molar-refractivity contribution < 1.29 is 9.90 Å². The van der Waals surface area contributed by atoms with Crippen LogP contribution in [-0.4, -0.2) is 79.2 Å². The normalized spacial score (nSPS) is 16.2. The van der Waals surface area contributed by atoms with Gasteiger partial charge < -0.3 is 14.9 Å². The van der Waals surface area contributed by atoms with E-state index in [0.29, 0.717) is 5.56 Å². The molecule has 1 N–H and O–H groups in total. The molecule has 0 unspecified atom stereocenters. The number of piperazine rings is 1. The molecule has 1 aliphatic rings. The number of rotatable bonds is 4. The fourth-order valence-electron chi connectivity index (χ4n) is 2.30. The number of anilines is 1. The Bertz CT molecular complexity index is 439. The third-order valence-electron chi connectivity index (χ3n) is 3.51. The molecule has 110 valence electrons. The van der Waals surface area contributed by atoms with Crippen LogP contribution in [0.5, 0.6) is 0 Å². The number of aliphatic hydroxyl groups excluding tert-OH is 1. The Morgan fingerprint density at radius 1 is 1.30 bits per heavy atom. The van der Waals surface area contributed by atoms with Gasteiger partial charge in [0.15, 0.2) is 0 Å². The predicted molar refractivity (Wildman–Crippen MR) is 78.0 cm³/mol. The smallest absolute Gasteiger partial charge is 0.254 e. The molecular formula is C14H22N4O2. The summed E-state index contributed by atoms with van der Waals surface area (Å²) in [5.41, 5.74) is 0.609. The number of hydrogen-bond acceptors (Lipinski definition) is 5. The Labute approximate surface area is 119 Å². The summed E-state index contributed by atoms with van der Waals surface area (Å²) < 4.78 is 0. The third-order valence-corrected chi connectivity index (χ3v) is 3.51. The molecule has 0 radical (unpaired) electrons. The molecule has 0 spiro atoms. The number of aromatic nitrogens is 1. The van der Waals surface area contributed by atoms with Crippen LogP contribution in [0.15, 0.2) is 18.3 Å². The highest BCUT2D eigenvalue weighted by molar-refractivity contribution is 5.93. The molecule has 0 saturated carbocycles. The van der Waals surface area contributed by atoms with Gasteiger partial charge in [-0.3, -0.25) is 9.69 Å². The van der Waals surface area contributed by atoms with Gasteiger partial charge in [-0.2, -0.15) is 0 Å². The highest BCUT2D eigenvalue weighted by atomic mass is 16.3. The fraction of sp³-hybridized carbons (Fsp3) is 0.571. The van der Waals surface area contributed by atoms with E-state index in [1.165, 1.54) is 0 Å². The van der Waals surface area contributed by atoms with Crippen LogP contribution in [0.2, 0.25) is 0 Å². The van der Waals surface area contributed by atoms with Crippen LogP contribution < -0.4 is 4.90 Å². The van der Waals surface area contributed by atoms with Crippen molar-refractivity contribution in [3.8, 4) is 0 Å². The number of amides is 1. The highest BCUT2D eigenvalue weighted by Crippen LogP contribution is 2.14. The summed E-state index contributed by atoms with van der Waals surface area (Å²) >= 11 is 0. The van der Waals surface area contributed by atoms with Gasteiger partial charge in [-0.25, -0.2) is 4.98 Å². The fourth-order valence-corrected chi connectivity index (χ4v) is 2.30. The molecule has 1 saturated heterocycles. The van der Waals surface area contributed by atoms with Crippen LogP contribution in [0.3, 0.4) is 0 Å². The van der Waals surface area contributed by atoms with Gasteiger partial charge in [-0.1, -0.05) is 0 Å². The van der Waals surface area contributed by atoms with Crippen molar-refractivity contribution in [3.05, 3.63) is 23.9 Å². The van der Waals surface area contributed by atoms with Crippen molar-refractivity contribution in [1.29, 1.82) is 0 Å². The van der Waals surface area contributed by atoms with Crippen molar-refractivity contribution in [2.45, 2.75) is 0 Å². The number of β-amino-alcohol motifs (C(OH)–C–C–N with tert-alkyl or cyclic N) is 1. The van der Waals surface area contributed by atoms with E-state index in [9.17, 15) is 4.79 Å². The van der Waals surface area contributed by atoms with Crippen molar-refractivity contribution in [2.24, 2.45) is 0 Å². The lowest BCUT2D eigenvalue weighted by atomic mass is 10.2. The number of pyridine rings is 1. The second kappa shape index (κ2) is 6.67. The minimum absolute atomic E-state index is 0.0307. The first-order chi connectivity index (χ1) is 9.61. The monoisotopic (exact) mass is 278 g/mol. The van der Waals surface area contributed by atoms with Crippen molar-refractivity contribution in [1.82, 2.24) is 14.8 Å². The quantitative estimate of drug-likeness (QED) is 0.833. The first-order valence-corrected chi connectivity index (χ1v) is 6.87. The predicted octanol–water partition coefficient (Wildman–Crippen LogP) is -0.102. The summed E-state index contributed by atoms with van der Waals surface area (Å²) in [7, 11) is 3.47. The van der Waals surface area contributed by atoms with Crippen LogP contribution in [0.1, 0.15) is 10.4 Å². The van der Waals surface area contributed by atoms with Gasteiger partial charge >= 0.3 is 0 Å². The molecule has 1 amide bonds. The first kappa shape index (κ1) is 14.7. The van der Waals surface area contributed by atoms with Crippen molar-refractivity contribution in [3.63, 3.8) is 0 Å². The summed E-state index contributed by atoms with van der Waals surface area (Å²) in [4.78, 5) is 22.2. The van der Waals surface area contributed by atoms with E-state index in [0.717, 1.165) is 38.5 Å². The molecule has 0 bridgehead atoms. The van der Waals surface area contributed by atoms with Crippen LogP contribution in [0.25, 0.3) is 0 Å². The summed E-state index contributed by atoms with van der Waals surface area (Å²) in [6.45, 7) is 4.60. The number of hydrogen-bond donors (Lipinski definition) is 1. The van der Waals surface area contributed by atoms with Gasteiger partial charge in [-0.05, 0) is 12.1 Å². The molecule has 1 aromatic heterocycles. The average molecular weight is 278 g/mol. The Hall–Kier alpha value is -1.66. The van der Waals surface area contributed by atoms with E-state index in [-0.39, 0.29) is 12.5 Å². The summed E-state index contributed by atoms with van der Waals surface area (Å²) in [5, 5.41) is 8.93. The van der Waals surface area contributed by atoms with Crippen molar-refractivity contribution in [2.75, 3.05) is 58.3 Å². The lowest BCUT2D eigenvalue weighted by Crippen LogP contribution is -2.47. The molecule has 1 aliphatic heterocycles. The summed E-state index contributed by atoms with van der Waals surface area (Å²) in [6, 6.07) is 3.73. The molecule has 6 nitrogen and oxygen atoms in total. The second-order valence-electron chi connectivity index (χ2n) is 5.16. The largest absolute Gasteiger partial charge is 0.395 e. The first-order valence-electron chi connectivity index (χ1n) is 6.87. The lowest BCUT2D eigenvalue weighted by Gasteiger charge is -2.35. The number of carbonyl (C=O) groups excluding carboxylic acids is 1. The standard InChI is InChI=1S/C14H22N4O2/c1-16(2)14(20)12-3-4-13(15-11-12)18-7-5-17(6-8-18)9-10-19/h3-4,11,19H,5-10H2,1-2H3. The van der Waals surface area contributed by atoms with Crippen molar-refractivity contribution >= 4 is 11.7 Å². The molecule has 2 heterocycles. The van der Waals surface area contributed by atoms with E-state index in [1.807, 2.05) is 12.1 Å². The zero-order valence-electron chi connectivity index (χ0n) is 12.1. The number of nitrogens with zero attached hydrogens (tertiary/aromatic N) is 4. The van der Waals surface area contributed by atoms with Crippen LogP contribution in [0, 0.1) is 0 Å². The topological polar surface area (TPSA) is 59.9 Å². The van der Waals surface area contributed by atoms with E-state index in [4.69, 9.17) is 5.11 Å². The van der Waals surface area contributed by atoms with Gasteiger partial charge in [-0.15, -0.1) is 0 Å². The minimum Gasteiger partial charge on any atom is -0.395 e. The SMILES string of the molecule is CN(C)C(=O)c1ccc(N2CCN(CCO)CC2)nc1. The van der Waals surface area contributed by atoms with Crippen LogP contribution in [0.4, 0.5) is 5.82 Å². The zero-order chi connectivity index (χ0) is 14.5. The Morgan fingerprint density at radius 3 is 2.50 bits per heavy atom. The lowest BCUT2D eigenvalue weighted by molar-refractivity contribution is 0.0827. The molecule has 1 fully saturated rings. The number of carbonyl (C=O) groups is 1. The van der Waals surface area contributed by atoms with Gasteiger partial charge in [0.25, 0.3) is 5.91 Å². The molecule has 20 heavy (non-hydrogen) atoms. The molecule has 0 aliphatic carbocycles. The molecule has 0 aromatic carbocycles. The maximum absolute atomic E-state index is 11.8. The maximum atomic E-state index is 11.8. The summed E-state index contributed by atoms with van der Waals surface area (Å²) in [5.74, 6) is 0.876. The number of aliphatic hydroxyl groups is 1. The second-order valence-corrected chi connectivity index (χ2v) is 5.16. The zero-order valence-corrected chi connectivity index (χ0v) is 12.1. The van der Waals surface area contributed by atoms with E-state index in [1.54, 1.807) is 25.2 Å². The Balaban J connectivity index is 1.96. The molecule has 1 aromatic rings. The van der Waals surface area contributed by atoms with E-state index >= 15 is 0 Å². The van der Waals surface area contributed by atoms with Gasteiger partial charge in [0.2, 0.25) is 0 Å². The molecule has 6 heteroatoms. The molecule has 0 atom stereocenters. The maximum Gasteiger partial charge on any atom is 0.254 e. The van der Waals surface area contributed by atoms with Gasteiger partial charge in [0.05, 0.1) is 12.2 Å². The van der Waals surface area contributed by atoms with Gasteiger partial charge in [0, 0.05) is 53.0 Å². The Morgan fingerprint density at radius 2 is 2.00 bits per heavy atom. The molecule has 2 rings (SSSR count). The van der Waals surface area contributed by atoms with E-state index in [2.05, 4.69) is 14.8 Å². The summed E-state index contributed by atoms with van der Waals surface area (Å²) in [6.07, 6.45) is 1.64. The minimum atomic E-state index is -0.0307. The Kier molecular flexibility index (Phi) is 4.92. The average Bonchev–Trinajstić information content (AvgIpc) is 2.48. The van der Waals surface area contributed by atoms with E-state index < -0.39 is 0 Å². The van der Waals surface area contributed by atoms with Gasteiger partial charge in [0.1, 0.15) is 5.82 Å².